The zero-order chi connectivity index (χ0) is 11.4. The van der Waals surface area contributed by atoms with Crippen molar-refractivity contribution in [1.82, 2.24) is 9.27 Å². The molecule has 0 amide bonds. The van der Waals surface area contributed by atoms with Crippen molar-refractivity contribution in [2.24, 2.45) is 0 Å². The molecule has 1 N–H and O–H groups in total. The molecule has 4 heteroatoms. The number of nitrogens with one attached hydrogen (secondary N) is 1. The maximum Gasteiger partial charge on any atom is 0.0998 e. The topological polar surface area (TPSA) is 40.8 Å². The molecule has 0 spiro atoms. The van der Waals surface area contributed by atoms with Gasteiger partial charge in [0.05, 0.1) is 17.3 Å². The molecule has 1 aromatic carbocycles. The van der Waals surface area contributed by atoms with Crippen LogP contribution in [0.4, 0.5) is 0 Å². The van der Waals surface area contributed by atoms with E-state index in [4.69, 9.17) is 5.26 Å². The highest BCUT2D eigenvalue weighted by atomic mass is 32.1. The largest absolute Gasteiger partial charge is 0.386 e. The first-order valence-electron chi connectivity index (χ1n) is 4.86. The van der Waals surface area contributed by atoms with Crippen molar-refractivity contribution in [1.29, 1.82) is 5.26 Å². The standard InChI is InChI=1S/C12H11N3S/c1-14-12(9-15-6-7-16-15)11-5-3-2-4-10(11)8-13/h2-7,9,14H,1H3/b12-9-. The van der Waals surface area contributed by atoms with Crippen LogP contribution in [-0.4, -0.2) is 11.0 Å². The van der Waals surface area contributed by atoms with E-state index < -0.39 is 0 Å². The molecule has 16 heavy (non-hydrogen) atoms. The fraction of sp³-hybridized carbons (Fsp3) is 0.0833. The number of rotatable bonds is 3. The van der Waals surface area contributed by atoms with Gasteiger partial charge in [-0.1, -0.05) is 29.7 Å². The first-order chi connectivity index (χ1) is 7.85. The minimum absolute atomic E-state index is 0.678. The van der Waals surface area contributed by atoms with Crippen LogP contribution in [0.3, 0.4) is 0 Å². The number of nitrogens with zero attached hydrogens (tertiary/aromatic N) is 2. The first-order valence-corrected chi connectivity index (χ1v) is 5.69. The maximum atomic E-state index is 9.03. The van der Waals surface area contributed by atoms with Crippen molar-refractivity contribution in [3.63, 3.8) is 0 Å². The summed E-state index contributed by atoms with van der Waals surface area (Å²) in [5.74, 6) is 0. The molecule has 0 atom stereocenters. The van der Waals surface area contributed by atoms with E-state index in [1.807, 2.05) is 53.0 Å². The van der Waals surface area contributed by atoms with Gasteiger partial charge in [-0.3, -0.25) is 3.96 Å². The van der Waals surface area contributed by atoms with Gasteiger partial charge in [0, 0.05) is 30.4 Å². The minimum Gasteiger partial charge on any atom is -0.386 e. The highest BCUT2D eigenvalue weighted by Gasteiger charge is 2.05. The van der Waals surface area contributed by atoms with Crippen LogP contribution in [0, 0.1) is 11.3 Å². The molecule has 2 aromatic rings. The monoisotopic (exact) mass is 229 g/mol. The zero-order valence-corrected chi connectivity index (χ0v) is 9.66. The van der Waals surface area contributed by atoms with E-state index in [0.29, 0.717) is 5.56 Å². The van der Waals surface area contributed by atoms with E-state index in [1.54, 1.807) is 11.5 Å². The summed E-state index contributed by atoms with van der Waals surface area (Å²) < 4.78 is 1.99. The number of benzene rings is 1. The lowest BCUT2D eigenvalue weighted by molar-refractivity contribution is 1.11. The Labute approximate surface area is 98.4 Å². The predicted molar refractivity (Wildman–Crippen MR) is 66.7 cm³/mol. The first kappa shape index (κ1) is 10.5. The summed E-state index contributed by atoms with van der Waals surface area (Å²) in [6, 6.07) is 9.75. The Morgan fingerprint density at radius 3 is 2.81 bits per heavy atom. The zero-order valence-electron chi connectivity index (χ0n) is 8.84. The lowest BCUT2D eigenvalue weighted by Crippen LogP contribution is -2.07. The number of hydrogen-bond donors (Lipinski definition) is 1. The van der Waals surface area contributed by atoms with Gasteiger partial charge < -0.3 is 5.32 Å². The maximum absolute atomic E-state index is 9.03. The number of aromatic nitrogens is 1. The van der Waals surface area contributed by atoms with Gasteiger partial charge in [-0.2, -0.15) is 5.26 Å². The van der Waals surface area contributed by atoms with Crippen LogP contribution >= 0.6 is 11.5 Å². The second-order valence-corrected chi connectivity index (χ2v) is 4.11. The van der Waals surface area contributed by atoms with E-state index in [-0.39, 0.29) is 0 Å². The highest BCUT2D eigenvalue weighted by Crippen LogP contribution is 2.18. The Bertz CT molecular complexity index is 533. The van der Waals surface area contributed by atoms with E-state index >= 15 is 0 Å². The van der Waals surface area contributed by atoms with Gasteiger partial charge in [0.2, 0.25) is 0 Å². The number of nitriles is 1. The molecule has 0 saturated heterocycles. The van der Waals surface area contributed by atoms with Gasteiger partial charge in [0.25, 0.3) is 0 Å². The predicted octanol–water partition coefficient (Wildman–Crippen LogP) is 2.60. The smallest absolute Gasteiger partial charge is 0.0998 e. The Kier molecular flexibility index (Phi) is 3.08. The second-order valence-electron chi connectivity index (χ2n) is 3.20. The Morgan fingerprint density at radius 1 is 1.50 bits per heavy atom. The van der Waals surface area contributed by atoms with Gasteiger partial charge in [-0.25, -0.2) is 0 Å². The molecule has 0 aliphatic heterocycles. The molecular weight excluding hydrogens is 218 g/mol. The average Bonchev–Trinajstić information content (AvgIpc) is 2.28. The normalized spacial score (nSPS) is 11.1. The van der Waals surface area contributed by atoms with Crippen LogP contribution in [0.5, 0.6) is 0 Å². The summed E-state index contributed by atoms with van der Waals surface area (Å²) in [7, 11) is 1.86. The van der Waals surface area contributed by atoms with Crippen LogP contribution in [0.1, 0.15) is 11.1 Å². The molecule has 0 aliphatic carbocycles. The molecular formula is C12H11N3S. The average molecular weight is 229 g/mol. The third kappa shape index (κ3) is 2.00. The lowest BCUT2D eigenvalue weighted by Gasteiger charge is -2.10. The van der Waals surface area contributed by atoms with Crippen molar-refractivity contribution in [3.05, 3.63) is 47.0 Å². The molecule has 2 rings (SSSR count). The molecule has 1 heterocycles. The van der Waals surface area contributed by atoms with Crippen LogP contribution in [0.2, 0.25) is 0 Å². The van der Waals surface area contributed by atoms with Crippen LogP contribution in [0.15, 0.2) is 35.8 Å². The van der Waals surface area contributed by atoms with Crippen LogP contribution in [-0.2, 0) is 0 Å². The summed E-state index contributed by atoms with van der Waals surface area (Å²) in [5.41, 5.74) is 2.54. The second kappa shape index (κ2) is 4.69. The summed E-state index contributed by atoms with van der Waals surface area (Å²) >= 11 is 1.61. The van der Waals surface area contributed by atoms with Gasteiger partial charge in [-0.15, -0.1) is 0 Å². The van der Waals surface area contributed by atoms with Gasteiger partial charge in [0.15, 0.2) is 0 Å². The number of hydrogen-bond acceptors (Lipinski definition) is 3. The summed E-state index contributed by atoms with van der Waals surface area (Å²) in [6.45, 7) is 0. The van der Waals surface area contributed by atoms with Crippen LogP contribution in [0.25, 0.3) is 11.9 Å². The molecule has 0 unspecified atom stereocenters. The van der Waals surface area contributed by atoms with Crippen LogP contribution < -0.4 is 5.32 Å². The Hall–Kier alpha value is -1.99. The fourth-order valence-corrected chi connectivity index (χ4v) is 1.84. The minimum atomic E-state index is 0.678. The molecule has 0 aliphatic rings. The molecule has 3 nitrogen and oxygen atoms in total. The van der Waals surface area contributed by atoms with Gasteiger partial charge in [-0.05, 0) is 6.07 Å². The molecule has 1 aromatic heterocycles. The molecule has 0 saturated carbocycles. The third-order valence-electron chi connectivity index (χ3n) is 2.25. The van der Waals surface area contributed by atoms with E-state index in [1.165, 1.54) is 0 Å². The lowest BCUT2D eigenvalue weighted by atomic mass is 10.1. The van der Waals surface area contributed by atoms with Gasteiger partial charge >= 0.3 is 0 Å². The molecule has 80 valence electrons. The molecule has 0 fully saturated rings. The van der Waals surface area contributed by atoms with E-state index in [0.717, 1.165) is 11.3 Å². The molecule has 0 bridgehead atoms. The van der Waals surface area contributed by atoms with E-state index in [9.17, 15) is 0 Å². The van der Waals surface area contributed by atoms with Crippen molar-refractivity contribution in [2.45, 2.75) is 0 Å². The SMILES string of the molecule is CN/C(=C\n1ccs1)c1ccccc1C#N. The fourth-order valence-electron chi connectivity index (χ4n) is 1.42. The summed E-state index contributed by atoms with van der Waals surface area (Å²) in [6.07, 6.45) is 3.94. The Balaban J connectivity index is 2.44. The van der Waals surface area contributed by atoms with Crippen molar-refractivity contribution in [2.75, 3.05) is 7.05 Å². The van der Waals surface area contributed by atoms with E-state index in [2.05, 4.69) is 11.4 Å². The quantitative estimate of drug-likeness (QED) is 0.878. The van der Waals surface area contributed by atoms with Crippen molar-refractivity contribution < 1.29 is 0 Å². The summed E-state index contributed by atoms with van der Waals surface area (Å²) in [5, 5.41) is 14.1. The molecule has 0 radical (unpaired) electrons. The van der Waals surface area contributed by atoms with Crippen molar-refractivity contribution in [3.8, 4) is 6.07 Å². The summed E-state index contributed by atoms with van der Waals surface area (Å²) in [4.78, 5) is 0. The highest BCUT2D eigenvalue weighted by molar-refractivity contribution is 7.05. The van der Waals surface area contributed by atoms with Gasteiger partial charge in [0.1, 0.15) is 0 Å². The Morgan fingerprint density at radius 2 is 2.25 bits per heavy atom. The third-order valence-corrected chi connectivity index (χ3v) is 2.97. The van der Waals surface area contributed by atoms with Crippen molar-refractivity contribution >= 4 is 23.4 Å².